The van der Waals surface area contributed by atoms with Gasteiger partial charge in [0.15, 0.2) is 6.29 Å². The van der Waals surface area contributed by atoms with E-state index in [1.54, 1.807) is 0 Å². The Morgan fingerprint density at radius 2 is 1.42 bits per heavy atom. The van der Waals surface area contributed by atoms with Crippen molar-refractivity contribution in [3.8, 4) is 0 Å². The molecule has 0 spiro atoms. The molecule has 0 aromatic heterocycles. The molecule has 2 rings (SSSR count). The normalized spacial score (nSPS) is 14.2. The van der Waals surface area contributed by atoms with E-state index in [9.17, 15) is 9.59 Å². The molecule has 1 heterocycles. The summed E-state index contributed by atoms with van der Waals surface area (Å²) in [5, 5.41) is 0. The van der Waals surface area contributed by atoms with Gasteiger partial charge in [0.25, 0.3) is 0 Å². The molecule has 1 saturated heterocycles. The van der Waals surface area contributed by atoms with Crippen LogP contribution in [0.1, 0.15) is 115 Å². The van der Waals surface area contributed by atoms with Gasteiger partial charge in [-0.2, -0.15) is 12.6 Å². The topological polar surface area (TPSA) is 74.3 Å². The van der Waals surface area contributed by atoms with E-state index < -0.39 is 0 Å². The van der Waals surface area contributed by atoms with Crippen LogP contribution in [0.3, 0.4) is 0 Å². The first-order valence-corrected chi connectivity index (χ1v) is 18.9. The number of ether oxygens (including phenoxy) is 4. The Morgan fingerprint density at radius 1 is 0.812 bits per heavy atom. The number of piperidine rings is 1. The number of rotatable bonds is 27. The van der Waals surface area contributed by atoms with Gasteiger partial charge in [-0.3, -0.25) is 9.59 Å². The first kappa shape index (κ1) is 44.5. The van der Waals surface area contributed by atoms with E-state index in [0.29, 0.717) is 45.0 Å². The minimum absolute atomic E-state index is 0. The van der Waals surface area contributed by atoms with Crippen LogP contribution >= 0.6 is 12.6 Å². The monoisotopic (exact) mass is 724 g/mol. The maximum atomic E-state index is 12.5. The first-order valence-electron chi connectivity index (χ1n) is 18.3. The number of benzene rings is 1. The van der Waals surface area contributed by atoms with Crippen LogP contribution < -0.4 is 0 Å². The molecule has 1 aliphatic rings. The summed E-state index contributed by atoms with van der Waals surface area (Å²) >= 11 is 4.32. The van der Waals surface area contributed by atoms with Crippen molar-refractivity contribution in [3.63, 3.8) is 0 Å². The molecule has 0 amide bonds. The van der Waals surface area contributed by atoms with Gasteiger partial charge >= 0.3 is 11.9 Å². The zero-order valence-corrected chi connectivity index (χ0v) is 32.1. The molecule has 1 aromatic carbocycles. The third-order valence-electron chi connectivity index (χ3n) is 8.45. The maximum absolute atomic E-state index is 12.5. The van der Waals surface area contributed by atoms with Gasteiger partial charge in [0.1, 0.15) is 6.61 Å². The summed E-state index contributed by atoms with van der Waals surface area (Å²) in [6.45, 7) is 9.60. The largest absolute Gasteiger partial charge is 0.465 e. The van der Waals surface area contributed by atoms with Crippen LogP contribution in [0.25, 0.3) is 0 Å². The summed E-state index contributed by atoms with van der Waals surface area (Å²) in [5.74, 6) is 1.10. The molecule has 1 fully saturated rings. The molecule has 48 heavy (non-hydrogen) atoms. The van der Waals surface area contributed by atoms with Crippen molar-refractivity contribution in [1.29, 1.82) is 0 Å². The predicted octanol–water partition coefficient (Wildman–Crippen LogP) is 8.65. The second-order valence-corrected chi connectivity index (χ2v) is 12.9. The van der Waals surface area contributed by atoms with Gasteiger partial charge in [0.2, 0.25) is 0 Å². The van der Waals surface area contributed by atoms with Gasteiger partial charge in [0, 0.05) is 50.5 Å². The van der Waals surface area contributed by atoms with E-state index in [-0.39, 0.29) is 49.8 Å². The van der Waals surface area contributed by atoms with Crippen molar-refractivity contribution in [3.05, 3.63) is 59.7 Å². The van der Waals surface area contributed by atoms with E-state index in [0.717, 1.165) is 107 Å². The molecule has 1 aromatic rings. The number of carbonyl (C=O) groups is 2. The van der Waals surface area contributed by atoms with Crippen molar-refractivity contribution in [2.75, 3.05) is 45.2 Å². The van der Waals surface area contributed by atoms with Crippen LogP contribution in [-0.4, -0.2) is 68.3 Å². The number of thiol groups is 1. The number of hydrogen-bond donors (Lipinski definition) is 1. The summed E-state index contributed by atoms with van der Waals surface area (Å²) in [6.07, 6.45) is 22.2. The molecule has 9 heteroatoms. The summed E-state index contributed by atoms with van der Waals surface area (Å²) < 4.78 is 23.2. The van der Waals surface area contributed by atoms with Gasteiger partial charge in [-0.25, -0.2) is 0 Å². The van der Waals surface area contributed by atoms with Crippen LogP contribution in [0.2, 0.25) is 0 Å². The molecular formula is C39H63NO6SV. The van der Waals surface area contributed by atoms with Gasteiger partial charge < -0.3 is 23.8 Å². The molecule has 271 valence electrons. The Bertz CT molecular complexity index is 973. The Kier molecular flexibility index (Phi) is 28.1. The molecule has 0 unspecified atom stereocenters. The Balaban J connectivity index is 0.0000115. The van der Waals surface area contributed by atoms with E-state index in [2.05, 4.69) is 55.7 Å². The zero-order chi connectivity index (χ0) is 33.8. The molecule has 0 bridgehead atoms. The van der Waals surface area contributed by atoms with E-state index >= 15 is 0 Å². The Hall–Kier alpha value is -1.55. The van der Waals surface area contributed by atoms with Gasteiger partial charge in [0.05, 0.1) is 13.0 Å². The van der Waals surface area contributed by atoms with Gasteiger partial charge in [-0.15, -0.1) is 0 Å². The summed E-state index contributed by atoms with van der Waals surface area (Å²) in [7, 11) is 0. The van der Waals surface area contributed by atoms with Crippen LogP contribution in [0.5, 0.6) is 0 Å². The number of hydrogen-bond acceptors (Lipinski definition) is 8. The third kappa shape index (κ3) is 23.0. The quantitative estimate of drug-likeness (QED) is 0.0320. The molecule has 0 saturated carbocycles. The maximum Gasteiger partial charge on any atom is 0.310 e. The fourth-order valence-electron chi connectivity index (χ4n) is 5.54. The molecule has 0 N–H and O–H groups in total. The third-order valence-corrected chi connectivity index (χ3v) is 8.65. The fourth-order valence-corrected chi connectivity index (χ4v) is 5.82. The standard InChI is InChI=1S/C39H63NO6S.V/c1-3-5-7-9-11-13-28-44-39(45-29-14-12-10-8-6-4-2)17-15-16-37(41)46-33-36-20-18-35(19-21-36)32-38(42)43-30-24-34-22-25-40(26-23-34)27-31-47;/h5-8,18-21,34,39,47H,3-4,9-17,22-33H2,1-2H3;/b7-5-,8-6-;. The van der Waals surface area contributed by atoms with Crippen LogP contribution in [0, 0.1) is 5.92 Å². The smallest absolute Gasteiger partial charge is 0.310 e. The first-order chi connectivity index (χ1) is 23.0. The zero-order valence-electron chi connectivity index (χ0n) is 29.8. The van der Waals surface area contributed by atoms with E-state index in [1.165, 1.54) is 0 Å². The van der Waals surface area contributed by atoms with Crippen molar-refractivity contribution >= 4 is 24.6 Å². The number of nitrogens with zero attached hydrogens (tertiary/aromatic N) is 1. The number of likely N-dealkylation sites (tertiary alicyclic amines) is 1. The molecule has 1 aliphatic heterocycles. The molecular weight excluding hydrogens is 661 g/mol. The number of allylic oxidation sites excluding steroid dienone is 4. The second-order valence-electron chi connectivity index (χ2n) is 12.5. The van der Waals surface area contributed by atoms with Crippen LogP contribution in [0.15, 0.2) is 48.6 Å². The predicted molar refractivity (Wildman–Crippen MR) is 195 cm³/mol. The van der Waals surface area contributed by atoms with Crippen molar-refractivity contribution in [2.24, 2.45) is 5.92 Å². The second kappa shape index (κ2) is 30.3. The summed E-state index contributed by atoms with van der Waals surface area (Å²) in [5.41, 5.74) is 1.79. The SMILES string of the molecule is CC/C=C\CCCCOC(CCCC(=O)OCc1ccc(CC(=O)OCCC2CCN(CCS)CC2)cc1)OCCCC/C=C\CC.[V]. The fraction of sp³-hybridized carbons (Fsp3) is 0.692. The Morgan fingerprint density at radius 3 is 2.00 bits per heavy atom. The van der Waals surface area contributed by atoms with Crippen molar-refractivity contribution in [2.45, 2.75) is 123 Å². The van der Waals surface area contributed by atoms with E-state index in [4.69, 9.17) is 18.9 Å². The minimum atomic E-state index is -0.291. The van der Waals surface area contributed by atoms with Crippen LogP contribution in [0.4, 0.5) is 0 Å². The number of carbonyl (C=O) groups excluding carboxylic acids is 2. The molecule has 0 aliphatic carbocycles. The average molecular weight is 725 g/mol. The molecule has 0 atom stereocenters. The summed E-state index contributed by atoms with van der Waals surface area (Å²) in [6, 6.07) is 7.62. The van der Waals surface area contributed by atoms with E-state index in [1.807, 2.05) is 24.3 Å². The Labute approximate surface area is 309 Å². The van der Waals surface area contributed by atoms with Crippen LogP contribution in [-0.2, 0) is 60.1 Å². The molecule has 1 radical (unpaired) electrons. The van der Waals surface area contributed by atoms with Gasteiger partial charge in [-0.1, -0.05) is 62.4 Å². The number of esters is 2. The molecule has 7 nitrogen and oxygen atoms in total. The van der Waals surface area contributed by atoms with Crippen molar-refractivity contribution in [1.82, 2.24) is 4.90 Å². The van der Waals surface area contributed by atoms with Crippen molar-refractivity contribution < 1.29 is 47.1 Å². The van der Waals surface area contributed by atoms with Gasteiger partial charge in [-0.05, 0) is 114 Å². The average Bonchev–Trinajstić information content (AvgIpc) is 3.07. The minimum Gasteiger partial charge on any atom is -0.465 e. The number of unbranched alkanes of at least 4 members (excludes halogenated alkanes) is 4. The summed E-state index contributed by atoms with van der Waals surface area (Å²) in [4.78, 5) is 27.3.